The molecule has 0 atom stereocenters. The number of aromatic nitrogens is 2. The number of halogens is 1. The molecule has 0 unspecified atom stereocenters. The van der Waals surface area contributed by atoms with E-state index in [2.05, 4.69) is 64.1 Å². The van der Waals surface area contributed by atoms with E-state index in [0.29, 0.717) is 22.1 Å². The van der Waals surface area contributed by atoms with Crippen LogP contribution in [-0.2, 0) is 25.7 Å². The molecule has 0 saturated heterocycles. The maximum atomic E-state index is 13.1. The molecule has 0 bridgehead atoms. The van der Waals surface area contributed by atoms with Gasteiger partial charge in [-0.15, -0.1) is 0 Å². The van der Waals surface area contributed by atoms with Crippen molar-refractivity contribution in [3.05, 3.63) is 98.9 Å². The predicted molar refractivity (Wildman–Crippen MR) is 178 cm³/mol. The Hall–Kier alpha value is -4.02. The summed E-state index contributed by atoms with van der Waals surface area (Å²) in [5.74, 6) is -0.00562. The molecule has 3 aromatic carbocycles. The number of anilines is 1. The number of carbonyl (C=O) groups excluding carboxylic acids is 1. The van der Waals surface area contributed by atoms with Crippen LogP contribution in [0.2, 0.25) is 5.02 Å². The lowest BCUT2D eigenvalue weighted by atomic mass is 9.76. The summed E-state index contributed by atoms with van der Waals surface area (Å²) in [7, 11) is -4.26. The van der Waals surface area contributed by atoms with Gasteiger partial charge >= 0.3 is 15.7 Å². The van der Waals surface area contributed by atoms with Crippen molar-refractivity contribution in [2.24, 2.45) is 0 Å². The highest BCUT2D eigenvalue weighted by Gasteiger charge is 2.27. The van der Waals surface area contributed by atoms with Crippen LogP contribution >= 0.6 is 11.6 Å². The summed E-state index contributed by atoms with van der Waals surface area (Å²) in [4.78, 5) is 25.8. The quantitative estimate of drug-likeness (QED) is 0.155. The van der Waals surface area contributed by atoms with Gasteiger partial charge in [0.15, 0.2) is 6.61 Å². The van der Waals surface area contributed by atoms with E-state index < -0.39 is 15.7 Å². The van der Waals surface area contributed by atoms with Crippen molar-refractivity contribution in [1.82, 2.24) is 9.78 Å². The van der Waals surface area contributed by atoms with Crippen molar-refractivity contribution in [2.45, 2.75) is 77.0 Å². The first kappa shape index (κ1) is 33.9. The maximum Gasteiger partial charge on any atom is 0.339 e. The normalized spacial score (nSPS) is 12.2. The molecule has 4 rings (SSSR count). The summed E-state index contributed by atoms with van der Waals surface area (Å²) in [5, 5.41) is 6.02. The Morgan fingerprint density at radius 3 is 2.16 bits per heavy atom. The number of nitrogens with zero attached hydrogens (tertiary/aromatic N) is 1. The molecule has 2 N–H and O–H groups in total. The standard InChI is InChI=1S/C34H40ClN3O6S/c1-8-33(4,5)23-10-19-29(28(20-23)34(6,7)9-2)43-21-30(39)36-25-13-15-26(16-14-25)38-32(40)31(22(3)37-38)44-45(41,42)27-17-11-24(35)12-18-27/h10-20,37H,8-9,21H2,1-7H3,(H,36,39). The molecule has 45 heavy (non-hydrogen) atoms. The largest absolute Gasteiger partial charge is 0.483 e. The zero-order valence-corrected chi connectivity index (χ0v) is 28.2. The number of hydrogen-bond donors (Lipinski definition) is 2. The zero-order valence-electron chi connectivity index (χ0n) is 26.7. The summed E-state index contributed by atoms with van der Waals surface area (Å²) in [6.07, 6.45) is 1.91. The number of amides is 1. The summed E-state index contributed by atoms with van der Waals surface area (Å²) in [5.41, 5.74) is 2.64. The number of carbonyl (C=O) groups is 1. The molecule has 0 saturated carbocycles. The van der Waals surface area contributed by atoms with Gasteiger partial charge in [-0.25, -0.2) is 4.68 Å². The molecule has 0 radical (unpaired) electrons. The molecule has 9 nitrogen and oxygen atoms in total. The molecule has 11 heteroatoms. The van der Waals surface area contributed by atoms with E-state index in [1.165, 1.54) is 36.8 Å². The number of ether oxygens (including phenoxy) is 1. The highest BCUT2D eigenvalue weighted by atomic mass is 35.5. The van der Waals surface area contributed by atoms with Gasteiger partial charge in [-0.3, -0.25) is 14.7 Å². The molecule has 0 spiro atoms. The van der Waals surface area contributed by atoms with E-state index in [0.717, 1.165) is 23.1 Å². The third-order valence-corrected chi connectivity index (χ3v) is 9.83. The second kappa shape index (κ2) is 13.1. The van der Waals surface area contributed by atoms with Gasteiger partial charge in [0, 0.05) is 16.3 Å². The molecule has 240 valence electrons. The van der Waals surface area contributed by atoms with Crippen LogP contribution < -0.4 is 19.8 Å². The maximum absolute atomic E-state index is 13.1. The minimum atomic E-state index is -4.26. The number of H-pyrrole nitrogens is 1. The number of nitrogens with one attached hydrogen (secondary N) is 2. The third kappa shape index (κ3) is 7.62. The van der Waals surface area contributed by atoms with Crippen molar-refractivity contribution in [3.8, 4) is 17.2 Å². The van der Waals surface area contributed by atoms with Gasteiger partial charge in [0.25, 0.3) is 5.91 Å². The Morgan fingerprint density at radius 2 is 1.56 bits per heavy atom. The molecular weight excluding hydrogens is 614 g/mol. The van der Waals surface area contributed by atoms with Crippen LogP contribution in [0.25, 0.3) is 5.69 Å². The first-order valence-corrected chi connectivity index (χ1v) is 16.6. The van der Waals surface area contributed by atoms with Crippen LogP contribution in [0.15, 0.2) is 76.4 Å². The molecule has 0 aliphatic carbocycles. The minimum absolute atomic E-state index is 0.0221. The predicted octanol–water partition coefficient (Wildman–Crippen LogP) is 7.29. The van der Waals surface area contributed by atoms with Gasteiger partial charge in [-0.05, 0) is 90.8 Å². The number of aromatic amines is 1. The van der Waals surface area contributed by atoms with Crippen LogP contribution in [0.1, 0.15) is 71.2 Å². The van der Waals surface area contributed by atoms with Crippen molar-refractivity contribution >= 4 is 33.3 Å². The van der Waals surface area contributed by atoms with E-state index >= 15 is 0 Å². The monoisotopic (exact) mass is 653 g/mol. The smallest absolute Gasteiger partial charge is 0.339 e. The van der Waals surface area contributed by atoms with Crippen LogP contribution in [0.4, 0.5) is 5.69 Å². The van der Waals surface area contributed by atoms with Crippen molar-refractivity contribution < 1.29 is 22.1 Å². The van der Waals surface area contributed by atoms with E-state index in [1.807, 2.05) is 6.07 Å². The van der Waals surface area contributed by atoms with Gasteiger partial charge in [0.2, 0.25) is 5.75 Å². The minimum Gasteiger partial charge on any atom is -0.483 e. The molecule has 0 aliphatic heterocycles. The summed E-state index contributed by atoms with van der Waals surface area (Å²) < 4.78 is 37.8. The Labute approximate surface area is 269 Å². The van der Waals surface area contributed by atoms with Gasteiger partial charge in [0.05, 0.1) is 11.4 Å². The SMILES string of the molecule is CCC(C)(C)c1ccc(OCC(=O)Nc2ccc(-n3[nH]c(C)c(OS(=O)(=O)c4ccc(Cl)cc4)c3=O)cc2)c(C(C)(C)CC)c1. The van der Waals surface area contributed by atoms with Crippen molar-refractivity contribution in [1.29, 1.82) is 0 Å². The number of aryl methyl sites for hydroxylation is 1. The fourth-order valence-corrected chi connectivity index (χ4v) is 5.71. The fourth-order valence-electron chi connectivity index (χ4n) is 4.60. The second-order valence-corrected chi connectivity index (χ2v) is 14.3. The molecule has 0 fully saturated rings. The Morgan fingerprint density at radius 1 is 0.933 bits per heavy atom. The van der Waals surface area contributed by atoms with Crippen LogP contribution in [-0.4, -0.2) is 30.7 Å². The molecular formula is C34H40ClN3O6S. The average molecular weight is 654 g/mol. The summed E-state index contributed by atoms with van der Waals surface area (Å²) in [6.45, 7) is 14.4. The zero-order chi connectivity index (χ0) is 33.2. The van der Waals surface area contributed by atoms with Crippen LogP contribution in [0, 0.1) is 6.92 Å². The van der Waals surface area contributed by atoms with Gasteiger partial charge in [0.1, 0.15) is 10.6 Å². The van der Waals surface area contributed by atoms with Crippen LogP contribution in [0.5, 0.6) is 11.5 Å². The highest BCUT2D eigenvalue weighted by Crippen LogP contribution is 2.38. The second-order valence-electron chi connectivity index (χ2n) is 12.3. The number of rotatable bonds is 12. The number of benzene rings is 3. The van der Waals surface area contributed by atoms with Gasteiger partial charge < -0.3 is 14.2 Å². The molecule has 4 aromatic rings. The van der Waals surface area contributed by atoms with Gasteiger partial charge in [-0.1, -0.05) is 65.3 Å². The highest BCUT2D eigenvalue weighted by molar-refractivity contribution is 7.87. The first-order valence-electron chi connectivity index (χ1n) is 14.8. The number of hydrogen-bond acceptors (Lipinski definition) is 6. The van der Waals surface area contributed by atoms with E-state index in [-0.39, 0.29) is 39.7 Å². The first-order chi connectivity index (χ1) is 21.1. The van der Waals surface area contributed by atoms with Gasteiger partial charge in [-0.2, -0.15) is 8.42 Å². The van der Waals surface area contributed by atoms with E-state index in [4.69, 9.17) is 20.5 Å². The third-order valence-electron chi connectivity index (χ3n) is 8.34. The lowest BCUT2D eigenvalue weighted by Gasteiger charge is -2.30. The molecule has 1 aromatic heterocycles. The average Bonchev–Trinajstić information content (AvgIpc) is 3.28. The van der Waals surface area contributed by atoms with E-state index in [1.54, 1.807) is 24.3 Å². The lowest BCUT2D eigenvalue weighted by Crippen LogP contribution is -2.24. The topological polar surface area (TPSA) is 119 Å². The Bertz CT molecular complexity index is 1840. The summed E-state index contributed by atoms with van der Waals surface area (Å²) in [6, 6.07) is 18.1. The Kier molecular flexibility index (Phi) is 9.89. The Balaban J connectivity index is 1.46. The molecule has 0 aliphatic rings. The molecule has 1 heterocycles. The summed E-state index contributed by atoms with van der Waals surface area (Å²) >= 11 is 5.85. The van der Waals surface area contributed by atoms with E-state index in [9.17, 15) is 18.0 Å². The fraction of sp³-hybridized carbons (Fsp3) is 0.353. The van der Waals surface area contributed by atoms with Crippen LogP contribution in [0.3, 0.4) is 0 Å². The van der Waals surface area contributed by atoms with Crippen molar-refractivity contribution in [3.63, 3.8) is 0 Å². The lowest BCUT2D eigenvalue weighted by molar-refractivity contribution is -0.118. The van der Waals surface area contributed by atoms with Crippen molar-refractivity contribution in [2.75, 3.05) is 11.9 Å². The molecule has 1 amide bonds.